The van der Waals surface area contributed by atoms with Gasteiger partial charge < -0.3 is 19.5 Å². The number of amides is 3. The molecular formula is C17H19ClN2O6. The van der Waals surface area contributed by atoms with E-state index in [1.165, 1.54) is 20.0 Å². The maximum atomic E-state index is 11.8. The smallest absolute Gasteiger partial charge is 0.331 e. The van der Waals surface area contributed by atoms with Crippen LogP contribution >= 0.6 is 11.6 Å². The maximum Gasteiger partial charge on any atom is 0.331 e. The number of halogens is 1. The predicted molar refractivity (Wildman–Crippen MR) is 94.2 cm³/mol. The summed E-state index contributed by atoms with van der Waals surface area (Å²) in [5, 5.41) is 4.61. The number of carbonyl (C=O) groups excluding carboxylic acids is 3. The Balaban J connectivity index is 1.99. The third-order valence-electron chi connectivity index (χ3n) is 3.36. The van der Waals surface area contributed by atoms with Crippen molar-refractivity contribution in [1.82, 2.24) is 10.6 Å². The lowest BCUT2D eigenvalue weighted by molar-refractivity contribution is -0.149. The zero-order chi connectivity index (χ0) is 19.1. The first-order chi connectivity index (χ1) is 12.4. The molecule has 3 amide bonds. The number of esters is 1. The standard InChI is InChI=1S/C17H19ClN2O6/c1-10(16(22)20-17(23)19-2)26-14(21)5-4-11-8-12(18)15-13(9-11)24-6-3-7-25-15/h4-5,8-10H,3,6-7H2,1-2H3,(H2,19,20,22,23)/b5-4+. The molecule has 0 saturated carbocycles. The van der Waals surface area contributed by atoms with Crippen LogP contribution in [0.2, 0.25) is 5.02 Å². The molecule has 1 aromatic carbocycles. The Morgan fingerprint density at radius 2 is 2.00 bits per heavy atom. The molecule has 1 aliphatic heterocycles. The van der Waals surface area contributed by atoms with Gasteiger partial charge in [0.25, 0.3) is 5.91 Å². The number of benzene rings is 1. The highest BCUT2D eigenvalue weighted by Crippen LogP contribution is 2.38. The number of hydrogen-bond donors (Lipinski definition) is 2. The largest absolute Gasteiger partial charge is 0.489 e. The van der Waals surface area contributed by atoms with E-state index in [0.29, 0.717) is 35.3 Å². The van der Waals surface area contributed by atoms with E-state index >= 15 is 0 Å². The first-order valence-electron chi connectivity index (χ1n) is 7.91. The Morgan fingerprint density at radius 3 is 2.73 bits per heavy atom. The molecule has 140 valence electrons. The fourth-order valence-corrected chi connectivity index (χ4v) is 2.33. The second-order valence-corrected chi connectivity index (χ2v) is 5.77. The number of fused-ring (bicyclic) bond motifs is 1. The van der Waals surface area contributed by atoms with Crippen molar-refractivity contribution in [2.45, 2.75) is 19.4 Å². The summed E-state index contributed by atoms with van der Waals surface area (Å²) in [4.78, 5) is 34.5. The normalized spacial score (nSPS) is 14.3. The van der Waals surface area contributed by atoms with Crippen LogP contribution in [0.1, 0.15) is 18.9 Å². The van der Waals surface area contributed by atoms with E-state index < -0.39 is 24.0 Å². The summed E-state index contributed by atoms with van der Waals surface area (Å²) < 4.78 is 16.0. The molecule has 0 saturated heterocycles. The van der Waals surface area contributed by atoms with Crippen molar-refractivity contribution in [3.05, 3.63) is 28.8 Å². The van der Waals surface area contributed by atoms with Crippen LogP contribution in [0.3, 0.4) is 0 Å². The number of nitrogens with one attached hydrogen (secondary N) is 2. The summed E-state index contributed by atoms with van der Waals surface area (Å²) in [5.74, 6) is -0.498. The maximum absolute atomic E-state index is 11.8. The van der Waals surface area contributed by atoms with Crippen molar-refractivity contribution in [2.24, 2.45) is 0 Å². The first-order valence-corrected chi connectivity index (χ1v) is 8.29. The lowest BCUT2D eigenvalue weighted by Gasteiger charge is -2.11. The predicted octanol–water partition coefficient (Wildman–Crippen LogP) is 1.90. The molecule has 26 heavy (non-hydrogen) atoms. The SMILES string of the molecule is CNC(=O)NC(=O)C(C)OC(=O)/C=C/c1cc(Cl)c2c(c1)OCCCO2. The average Bonchev–Trinajstić information content (AvgIpc) is 2.85. The molecule has 0 radical (unpaired) electrons. The summed E-state index contributed by atoms with van der Waals surface area (Å²) >= 11 is 6.18. The van der Waals surface area contributed by atoms with Gasteiger partial charge in [0.1, 0.15) is 0 Å². The zero-order valence-corrected chi connectivity index (χ0v) is 15.1. The summed E-state index contributed by atoms with van der Waals surface area (Å²) in [7, 11) is 1.36. The summed E-state index contributed by atoms with van der Waals surface area (Å²) in [6, 6.07) is 2.63. The highest BCUT2D eigenvalue weighted by atomic mass is 35.5. The first kappa shape index (κ1) is 19.6. The fourth-order valence-electron chi connectivity index (χ4n) is 2.05. The molecule has 2 rings (SSSR count). The van der Waals surface area contributed by atoms with Gasteiger partial charge in [-0.1, -0.05) is 11.6 Å². The van der Waals surface area contributed by atoms with Crippen LogP contribution in [0.25, 0.3) is 6.08 Å². The molecule has 8 nitrogen and oxygen atoms in total. The molecule has 9 heteroatoms. The quantitative estimate of drug-likeness (QED) is 0.609. The molecule has 0 aliphatic carbocycles. The van der Waals surface area contributed by atoms with Crippen LogP contribution in [0.5, 0.6) is 11.5 Å². The number of imide groups is 1. The Kier molecular flexibility index (Phi) is 6.85. The van der Waals surface area contributed by atoms with Gasteiger partial charge in [0.05, 0.1) is 18.2 Å². The topological polar surface area (TPSA) is 103 Å². The molecule has 0 bridgehead atoms. The van der Waals surface area contributed by atoms with Crippen molar-refractivity contribution in [2.75, 3.05) is 20.3 Å². The van der Waals surface area contributed by atoms with Crippen molar-refractivity contribution in [3.8, 4) is 11.5 Å². The van der Waals surface area contributed by atoms with Gasteiger partial charge in [-0.3, -0.25) is 10.1 Å². The monoisotopic (exact) mass is 382 g/mol. The minimum absolute atomic E-state index is 0.371. The van der Waals surface area contributed by atoms with E-state index in [1.807, 2.05) is 5.32 Å². The molecule has 1 heterocycles. The number of ether oxygens (including phenoxy) is 3. The third kappa shape index (κ3) is 5.38. The van der Waals surface area contributed by atoms with Gasteiger partial charge in [0, 0.05) is 19.5 Å². The van der Waals surface area contributed by atoms with Crippen LogP contribution < -0.4 is 20.1 Å². The molecule has 1 aliphatic rings. The molecule has 0 spiro atoms. The summed E-state index contributed by atoms with van der Waals surface area (Å²) in [6.45, 7) is 2.38. The minimum Gasteiger partial charge on any atom is -0.489 e. The molecule has 1 aromatic rings. The molecule has 2 N–H and O–H groups in total. The van der Waals surface area contributed by atoms with Gasteiger partial charge in [-0.25, -0.2) is 9.59 Å². The fraction of sp³-hybridized carbons (Fsp3) is 0.353. The van der Waals surface area contributed by atoms with Gasteiger partial charge in [-0.05, 0) is 30.7 Å². The van der Waals surface area contributed by atoms with Gasteiger partial charge >= 0.3 is 12.0 Å². The van der Waals surface area contributed by atoms with E-state index in [-0.39, 0.29) is 0 Å². The third-order valence-corrected chi connectivity index (χ3v) is 3.64. The lowest BCUT2D eigenvalue weighted by Crippen LogP contribution is -2.43. The molecule has 1 atom stereocenters. The summed E-state index contributed by atoms with van der Waals surface area (Å²) in [5.41, 5.74) is 0.610. The Hall–Kier alpha value is -2.74. The Bertz CT molecular complexity index is 734. The number of rotatable bonds is 4. The Labute approximate surface area is 155 Å². The number of carbonyl (C=O) groups is 3. The van der Waals surface area contributed by atoms with Crippen LogP contribution in [-0.4, -0.2) is 44.3 Å². The van der Waals surface area contributed by atoms with Crippen molar-refractivity contribution < 1.29 is 28.6 Å². The van der Waals surface area contributed by atoms with Crippen molar-refractivity contribution in [3.63, 3.8) is 0 Å². The van der Waals surface area contributed by atoms with Crippen LogP contribution in [0.4, 0.5) is 4.79 Å². The van der Waals surface area contributed by atoms with Crippen LogP contribution in [0, 0.1) is 0 Å². The van der Waals surface area contributed by atoms with Gasteiger partial charge in [0.2, 0.25) is 0 Å². The van der Waals surface area contributed by atoms with E-state index in [9.17, 15) is 14.4 Å². The van der Waals surface area contributed by atoms with Gasteiger partial charge in [-0.2, -0.15) is 0 Å². The summed E-state index contributed by atoms with van der Waals surface area (Å²) in [6.07, 6.45) is 2.25. The minimum atomic E-state index is -1.13. The highest BCUT2D eigenvalue weighted by molar-refractivity contribution is 6.32. The Morgan fingerprint density at radius 1 is 1.27 bits per heavy atom. The van der Waals surface area contributed by atoms with Crippen LogP contribution in [0.15, 0.2) is 18.2 Å². The second kappa shape index (κ2) is 9.10. The molecule has 1 unspecified atom stereocenters. The van der Waals surface area contributed by atoms with E-state index in [2.05, 4.69) is 5.32 Å². The molecule has 0 aromatic heterocycles. The number of hydrogen-bond acceptors (Lipinski definition) is 6. The van der Waals surface area contributed by atoms with Gasteiger partial charge in [-0.15, -0.1) is 0 Å². The van der Waals surface area contributed by atoms with E-state index in [1.54, 1.807) is 12.1 Å². The molecule has 0 fully saturated rings. The molecular weight excluding hydrogens is 364 g/mol. The lowest BCUT2D eigenvalue weighted by atomic mass is 10.2. The second-order valence-electron chi connectivity index (χ2n) is 5.36. The van der Waals surface area contributed by atoms with Crippen molar-refractivity contribution in [1.29, 1.82) is 0 Å². The highest BCUT2D eigenvalue weighted by Gasteiger charge is 2.19. The zero-order valence-electron chi connectivity index (χ0n) is 14.3. The van der Waals surface area contributed by atoms with Gasteiger partial charge in [0.15, 0.2) is 17.6 Å². The van der Waals surface area contributed by atoms with Crippen LogP contribution in [-0.2, 0) is 14.3 Å². The average molecular weight is 383 g/mol. The number of urea groups is 1. The van der Waals surface area contributed by atoms with E-state index in [0.717, 1.165) is 12.5 Å². The van der Waals surface area contributed by atoms with Crippen molar-refractivity contribution >= 4 is 35.6 Å². The van der Waals surface area contributed by atoms with E-state index in [4.69, 9.17) is 25.8 Å².